The molecule has 6 nitrogen and oxygen atoms in total. The van der Waals surface area contributed by atoms with Gasteiger partial charge in [-0.1, -0.05) is 27.2 Å². The van der Waals surface area contributed by atoms with E-state index in [1.54, 1.807) is 23.1 Å². The Labute approximate surface area is 186 Å². The smallest absolute Gasteiger partial charge is 0.241 e. The fourth-order valence-electron chi connectivity index (χ4n) is 3.18. The number of nitrogens with zero attached hydrogens (tertiary/aromatic N) is 4. The lowest BCUT2D eigenvalue weighted by molar-refractivity contribution is -0.130. The maximum absolute atomic E-state index is 12.6. The Kier molecular flexibility index (Phi) is 6.69. The number of amides is 1. The number of thioether (sulfide) groups is 1. The van der Waals surface area contributed by atoms with Crippen LogP contribution in [-0.4, -0.2) is 57.8 Å². The highest BCUT2D eigenvalue weighted by Gasteiger charge is 2.23. The van der Waals surface area contributed by atoms with Gasteiger partial charge in [-0.3, -0.25) is 9.69 Å². The molecule has 3 heterocycles. The summed E-state index contributed by atoms with van der Waals surface area (Å²) in [6.07, 6.45) is 0. The molecule has 9 heteroatoms. The number of piperazine rings is 1. The molecule has 1 amide bonds. The second-order valence-corrected chi connectivity index (χ2v) is 9.72. The Bertz CT molecular complexity index is 969. The summed E-state index contributed by atoms with van der Waals surface area (Å²) in [6, 6.07) is 10.1. The lowest BCUT2D eigenvalue weighted by Crippen LogP contribution is -2.48. The summed E-state index contributed by atoms with van der Waals surface area (Å²) in [6.45, 7) is 5.76. The molecule has 0 unspecified atom stereocenters. The van der Waals surface area contributed by atoms with Gasteiger partial charge in [0.25, 0.3) is 0 Å². The largest absolute Gasteiger partial charge is 0.339 e. The second-order valence-electron chi connectivity index (χ2n) is 6.84. The van der Waals surface area contributed by atoms with Crippen molar-refractivity contribution in [1.82, 2.24) is 19.9 Å². The minimum absolute atomic E-state index is 0.190. The number of carbonyl (C=O) groups excluding carboxylic acids is 1. The Morgan fingerprint density at radius 2 is 2.10 bits per heavy atom. The second kappa shape index (κ2) is 9.42. The number of aromatic nitrogens is 2. The number of hydrogen-bond donors (Lipinski definition) is 0. The van der Waals surface area contributed by atoms with Crippen molar-refractivity contribution in [2.45, 2.75) is 18.4 Å². The number of hydrogen-bond acceptors (Lipinski definition) is 7. The third-order valence-electron chi connectivity index (χ3n) is 4.78. The van der Waals surface area contributed by atoms with Crippen molar-refractivity contribution in [1.29, 1.82) is 0 Å². The van der Waals surface area contributed by atoms with Crippen LogP contribution in [0.25, 0.3) is 10.7 Å². The van der Waals surface area contributed by atoms with E-state index in [4.69, 9.17) is 4.52 Å². The van der Waals surface area contributed by atoms with Crippen LogP contribution in [-0.2, 0) is 11.3 Å². The summed E-state index contributed by atoms with van der Waals surface area (Å²) in [4.78, 5) is 23.4. The average Bonchev–Trinajstić information content (AvgIpc) is 3.39. The molecule has 0 aliphatic carbocycles. The number of rotatable bonds is 6. The van der Waals surface area contributed by atoms with Gasteiger partial charge in [0.15, 0.2) is 0 Å². The average molecular weight is 493 g/mol. The minimum Gasteiger partial charge on any atom is -0.339 e. The van der Waals surface area contributed by atoms with Crippen molar-refractivity contribution < 1.29 is 9.32 Å². The maximum Gasteiger partial charge on any atom is 0.241 e. The highest BCUT2D eigenvalue weighted by molar-refractivity contribution is 9.10. The summed E-state index contributed by atoms with van der Waals surface area (Å²) in [5.74, 6) is 1.92. The molecule has 152 valence electrons. The zero-order valence-electron chi connectivity index (χ0n) is 16.0. The van der Waals surface area contributed by atoms with E-state index in [9.17, 15) is 4.79 Å². The first kappa shape index (κ1) is 20.6. The minimum atomic E-state index is 0.190. The summed E-state index contributed by atoms with van der Waals surface area (Å²) in [7, 11) is 0. The molecule has 1 aliphatic heterocycles. The normalized spacial score (nSPS) is 15.0. The Balaban J connectivity index is 1.24. The van der Waals surface area contributed by atoms with Crippen LogP contribution in [0, 0.1) is 6.92 Å². The molecule has 4 rings (SSSR count). The van der Waals surface area contributed by atoms with Gasteiger partial charge in [-0.15, -0.1) is 23.1 Å². The molecule has 0 spiro atoms. The van der Waals surface area contributed by atoms with Crippen LogP contribution in [0.15, 0.2) is 49.6 Å². The van der Waals surface area contributed by atoms with Crippen LogP contribution in [0.5, 0.6) is 0 Å². The van der Waals surface area contributed by atoms with Crippen molar-refractivity contribution in [3.63, 3.8) is 0 Å². The SMILES string of the molecule is Cc1cc(Br)ccc1SCC(=O)N1CCN(Cc2nc(-c3cccs3)no2)CC1. The van der Waals surface area contributed by atoms with E-state index in [1.165, 1.54) is 5.56 Å². The summed E-state index contributed by atoms with van der Waals surface area (Å²) in [5, 5.41) is 6.06. The quantitative estimate of drug-likeness (QED) is 0.477. The van der Waals surface area contributed by atoms with Gasteiger partial charge in [0.2, 0.25) is 17.6 Å². The van der Waals surface area contributed by atoms with Crippen LogP contribution in [0.3, 0.4) is 0 Å². The molecule has 0 N–H and O–H groups in total. The Morgan fingerprint density at radius 3 is 2.83 bits per heavy atom. The summed E-state index contributed by atoms with van der Waals surface area (Å²) < 4.78 is 6.45. The third kappa shape index (κ3) is 5.28. The van der Waals surface area contributed by atoms with Gasteiger partial charge < -0.3 is 9.42 Å². The predicted molar refractivity (Wildman–Crippen MR) is 119 cm³/mol. The van der Waals surface area contributed by atoms with Crippen molar-refractivity contribution in [2.24, 2.45) is 0 Å². The van der Waals surface area contributed by atoms with E-state index >= 15 is 0 Å². The first-order valence-electron chi connectivity index (χ1n) is 9.34. The number of benzene rings is 1. The maximum atomic E-state index is 12.6. The fourth-order valence-corrected chi connectivity index (χ4v) is 5.21. The monoisotopic (exact) mass is 492 g/mol. The third-order valence-corrected chi connectivity index (χ3v) is 7.30. The van der Waals surface area contributed by atoms with Crippen molar-refractivity contribution in [3.8, 4) is 10.7 Å². The van der Waals surface area contributed by atoms with Crippen LogP contribution in [0.1, 0.15) is 11.5 Å². The topological polar surface area (TPSA) is 62.5 Å². The van der Waals surface area contributed by atoms with E-state index in [0.29, 0.717) is 24.0 Å². The van der Waals surface area contributed by atoms with Gasteiger partial charge in [-0.2, -0.15) is 4.98 Å². The lowest BCUT2D eigenvalue weighted by atomic mass is 10.2. The first-order valence-corrected chi connectivity index (χ1v) is 12.0. The van der Waals surface area contributed by atoms with Gasteiger partial charge in [0.1, 0.15) is 0 Å². The van der Waals surface area contributed by atoms with Gasteiger partial charge in [0.05, 0.1) is 17.2 Å². The molecule has 0 atom stereocenters. The molecule has 0 saturated carbocycles. The molecular weight excluding hydrogens is 472 g/mol. The Hall–Kier alpha value is -1.68. The standard InChI is InChI=1S/C20H21BrN4O2S2/c1-14-11-15(21)4-5-16(14)29-13-19(26)25-8-6-24(7-9-25)12-18-22-20(23-27-18)17-3-2-10-28-17/h2-5,10-11H,6-9,12-13H2,1H3. The van der Waals surface area contributed by atoms with E-state index in [-0.39, 0.29) is 5.91 Å². The first-order chi connectivity index (χ1) is 14.1. The molecule has 1 saturated heterocycles. The van der Waals surface area contributed by atoms with Gasteiger partial charge in [-0.25, -0.2) is 0 Å². The zero-order valence-corrected chi connectivity index (χ0v) is 19.2. The van der Waals surface area contributed by atoms with E-state index in [1.807, 2.05) is 28.5 Å². The molecule has 0 radical (unpaired) electrons. The Morgan fingerprint density at radius 1 is 1.28 bits per heavy atom. The van der Waals surface area contributed by atoms with Crippen LogP contribution in [0.4, 0.5) is 0 Å². The van der Waals surface area contributed by atoms with Gasteiger partial charge in [0, 0.05) is 35.5 Å². The molecule has 1 aliphatic rings. The van der Waals surface area contributed by atoms with Gasteiger partial charge in [-0.05, 0) is 42.1 Å². The van der Waals surface area contributed by atoms with Crippen molar-refractivity contribution in [3.05, 3.63) is 51.6 Å². The number of aryl methyl sites for hydroxylation is 1. The molecule has 3 aromatic rings. The van der Waals surface area contributed by atoms with E-state index in [2.05, 4.69) is 50.0 Å². The number of thiophene rings is 1. The van der Waals surface area contributed by atoms with Crippen LogP contribution < -0.4 is 0 Å². The highest BCUT2D eigenvalue weighted by atomic mass is 79.9. The molecular formula is C20H21BrN4O2S2. The molecule has 1 aromatic carbocycles. The van der Waals surface area contributed by atoms with E-state index < -0.39 is 0 Å². The van der Waals surface area contributed by atoms with Crippen molar-refractivity contribution >= 4 is 44.9 Å². The summed E-state index contributed by atoms with van der Waals surface area (Å²) >= 11 is 6.68. The molecule has 0 bridgehead atoms. The highest BCUT2D eigenvalue weighted by Crippen LogP contribution is 2.26. The van der Waals surface area contributed by atoms with Gasteiger partial charge >= 0.3 is 0 Å². The predicted octanol–water partition coefficient (Wildman–Crippen LogP) is 4.31. The lowest BCUT2D eigenvalue weighted by Gasteiger charge is -2.34. The van der Waals surface area contributed by atoms with Crippen molar-refractivity contribution in [2.75, 3.05) is 31.9 Å². The zero-order chi connectivity index (χ0) is 20.2. The van der Waals surface area contributed by atoms with Crippen LogP contribution >= 0.6 is 39.0 Å². The molecule has 2 aromatic heterocycles. The summed E-state index contributed by atoms with van der Waals surface area (Å²) in [5.41, 5.74) is 1.18. The van der Waals surface area contributed by atoms with E-state index in [0.717, 1.165) is 40.4 Å². The number of carbonyl (C=O) groups is 1. The van der Waals surface area contributed by atoms with Crippen LogP contribution in [0.2, 0.25) is 0 Å². The molecule has 1 fully saturated rings. The number of halogens is 1. The fraction of sp³-hybridized carbons (Fsp3) is 0.350. The molecule has 29 heavy (non-hydrogen) atoms.